The zero-order valence-electron chi connectivity index (χ0n) is 20.9. The van der Waals surface area contributed by atoms with E-state index in [1.165, 1.54) is 0 Å². The molecule has 0 unspecified atom stereocenters. The Morgan fingerprint density at radius 3 is 2.56 bits per heavy atom. The van der Waals surface area contributed by atoms with Crippen molar-refractivity contribution in [2.75, 3.05) is 4.90 Å². The summed E-state index contributed by atoms with van der Waals surface area (Å²) in [4.78, 5) is 24.2. The molecule has 36 heavy (non-hydrogen) atoms. The topological polar surface area (TPSA) is 101 Å². The molecular formula is C27H31N7O2. The first-order chi connectivity index (χ1) is 17.3. The Hall–Kier alpha value is -4.01. The lowest BCUT2D eigenvalue weighted by Crippen LogP contribution is -2.42. The van der Waals surface area contributed by atoms with Gasteiger partial charge >= 0.3 is 0 Å². The SMILES string of the molecule is C=C(O)c1cn(-c2ccc(-c3cc4ncccn4n3)nc2)nc1N(C(=O)[C@H]1CC[C@H](C)CC1)C(C)C. The van der Waals surface area contributed by atoms with Crippen molar-refractivity contribution in [3.05, 3.63) is 61.2 Å². The Morgan fingerprint density at radius 1 is 1.14 bits per heavy atom. The van der Waals surface area contributed by atoms with Crippen LogP contribution in [0.1, 0.15) is 52.0 Å². The number of rotatable bonds is 6. The highest BCUT2D eigenvalue weighted by Gasteiger charge is 2.33. The molecule has 4 aromatic rings. The number of amides is 1. The molecule has 1 aliphatic rings. The number of carbonyl (C=O) groups is 1. The van der Waals surface area contributed by atoms with Crippen LogP contribution in [0.5, 0.6) is 0 Å². The normalized spacial score (nSPS) is 18.0. The number of fused-ring (bicyclic) bond motifs is 1. The second-order valence-electron chi connectivity index (χ2n) is 9.87. The van der Waals surface area contributed by atoms with Crippen molar-refractivity contribution in [2.45, 2.75) is 52.5 Å². The van der Waals surface area contributed by atoms with Gasteiger partial charge in [-0.3, -0.25) is 14.7 Å². The third-order valence-electron chi connectivity index (χ3n) is 6.86. The highest BCUT2D eigenvalue weighted by atomic mass is 16.3. The summed E-state index contributed by atoms with van der Waals surface area (Å²) in [6.07, 6.45) is 10.8. The lowest BCUT2D eigenvalue weighted by Gasteiger charge is -2.32. The molecule has 4 heterocycles. The summed E-state index contributed by atoms with van der Waals surface area (Å²) in [6, 6.07) is 7.31. The second kappa shape index (κ2) is 9.56. The molecule has 0 bridgehead atoms. The molecule has 1 amide bonds. The quantitative estimate of drug-likeness (QED) is 0.383. The molecule has 0 spiro atoms. The van der Waals surface area contributed by atoms with Gasteiger partial charge in [-0.1, -0.05) is 13.5 Å². The third kappa shape index (κ3) is 4.48. The standard InChI is InChI=1S/C27H31N7O2/c1-17(2)34(27(36)20-8-6-18(3)7-9-20)26-22(19(4)35)16-33(31-26)21-10-11-23(29-15-21)24-14-25-28-12-5-13-32(25)30-24/h5,10-18,20,35H,4,6-9H2,1-3H3/t18-,20-. The molecule has 1 N–H and O–H groups in total. The molecule has 1 aliphatic carbocycles. The van der Waals surface area contributed by atoms with Crippen molar-refractivity contribution >= 4 is 23.1 Å². The van der Waals surface area contributed by atoms with E-state index in [4.69, 9.17) is 5.10 Å². The highest BCUT2D eigenvalue weighted by molar-refractivity contribution is 5.96. The van der Waals surface area contributed by atoms with Gasteiger partial charge in [0.1, 0.15) is 11.5 Å². The molecule has 0 aliphatic heterocycles. The van der Waals surface area contributed by atoms with E-state index in [-0.39, 0.29) is 23.6 Å². The van der Waals surface area contributed by atoms with Gasteiger partial charge in [0, 0.05) is 36.6 Å². The summed E-state index contributed by atoms with van der Waals surface area (Å²) in [5, 5.41) is 19.6. The number of pyridine rings is 1. The maximum absolute atomic E-state index is 13.6. The molecular weight excluding hydrogens is 454 g/mol. The molecule has 9 nitrogen and oxygen atoms in total. The first kappa shape index (κ1) is 23.7. The average molecular weight is 486 g/mol. The lowest BCUT2D eigenvalue weighted by atomic mass is 9.82. The maximum Gasteiger partial charge on any atom is 0.231 e. The fourth-order valence-electron chi connectivity index (χ4n) is 4.81. The number of anilines is 1. The highest BCUT2D eigenvalue weighted by Crippen LogP contribution is 2.34. The van der Waals surface area contributed by atoms with E-state index in [1.54, 1.807) is 32.7 Å². The van der Waals surface area contributed by atoms with E-state index in [0.717, 1.165) is 31.3 Å². The number of aliphatic hydroxyl groups excluding tert-OH is 1. The Morgan fingerprint density at radius 2 is 1.92 bits per heavy atom. The van der Waals surface area contributed by atoms with Crippen molar-refractivity contribution in [1.29, 1.82) is 0 Å². The van der Waals surface area contributed by atoms with Crippen molar-refractivity contribution in [1.82, 2.24) is 29.4 Å². The third-order valence-corrected chi connectivity index (χ3v) is 6.86. The van der Waals surface area contributed by atoms with Gasteiger partial charge in [0.2, 0.25) is 5.91 Å². The molecule has 186 valence electrons. The van der Waals surface area contributed by atoms with Crippen LogP contribution in [0.15, 0.2) is 55.6 Å². The van der Waals surface area contributed by atoms with Crippen LogP contribution in [-0.2, 0) is 4.79 Å². The number of carbonyl (C=O) groups excluding carboxylic acids is 1. The fraction of sp³-hybridized carbons (Fsp3) is 0.370. The summed E-state index contributed by atoms with van der Waals surface area (Å²) >= 11 is 0. The molecule has 5 rings (SSSR count). The van der Waals surface area contributed by atoms with Gasteiger partial charge in [0.15, 0.2) is 11.5 Å². The second-order valence-corrected chi connectivity index (χ2v) is 9.87. The Labute approximate surface area is 210 Å². The summed E-state index contributed by atoms with van der Waals surface area (Å²) in [6.45, 7) is 9.89. The van der Waals surface area contributed by atoms with Gasteiger partial charge < -0.3 is 5.11 Å². The first-order valence-electron chi connectivity index (χ1n) is 12.4. The van der Waals surface area contributed by atoms with Crippen LogP contribution >= 0.6 is 0 Å². The van der Waals surface area contributed by atoms with E-state index < -0.39 is 0 Å². The van der Waals surface area contributed by atoms with Gasteiger partial charge in [-0.2, -0.15) is 5.10 Å². The summed E-state index contributed by atoms with van der Waals surface area (Å²) < 4.78 is 3.33. The van der Waals surface area contributed by atoms with Gasteiger partial charge in [0.05, 0.1) is 23.1 Å². The predicted octanol–water partition coefficient (Wildman–Crippen LogP) is 5.07. The van der Waals surface area contributed by atoms with Crippen LogP contribution in [0, 0.1) is 11.8 Å². The first-order valence-corrected chi connectivity index (χ1v) is 12.4. The number of aliphatic hydroxyl groups is 1. The largest absolute Gasteiger partial charge is 0.508 e. The van der Waals surface area contributed by atoms with Crippen molar-refractivity contribution < 1.29 is 9.90 Å². The lowest BCUT2D eigenvalue weighted by molar-refractivity contribution is -0.124. The van der Waals surface area contributed by atoms with Crippen molar-refractivity contribution in [2.24, 2.45) is 11.8 Å². The zero-order valence-corrected chi connectivity index (χ0v) is 20.9. The Balaban J connectivity index is 1.46. The fourth-order valence-corrected chi connectivity index (χ4v) is 4.81. The summed E-state index contributed by atoms with van der Waals surface area (Å²) in [5.41, 5.74) is 3.28. The molecule has 0 saturated heterocycles. The summed E-state index contributed by atoms with van der Waals surface area (Å²) in [7, 11) is 0. The predicted molar refractivity (Wildman–Crippen MR) is 139 cm³/mol. The molecule has 0 aromatic carbocycles. The smallest absolute Gasteiger partial charge is 0.231 e. The van der Waals surface area contributed by atoms with Crippen LogP contribution in [-0.4, -0.2) is 46.4 Å². The van der Waals surface area contributed by atoms with E-state index in [9.17, 15) is 9.90 Å². The maximum atomic E-state index is 13.6. The molecule has 4 aromatic heterocycles. The van der Waals surface area contributed by atoms with E-state index in [1.807, 2.05) is 44.3 Å². The minimum atomic E-state index is -0.131. The van der Waals surface area contributed by atoms with E-state index in [2.05, 4.69) is 28.6 Å². The number of hydrogen-bond donors (Lipinski definition) is 1. The Kier molecular flexibility index (Phi) is 6.30. The van der Waals surface area contributed by atoms with E-state index >= 15 is 0 Å². The monoisotopic (exact) mass is 485 g/mol. The van der Waals surface area contributed by atoms with Crippen molar-refractivity contribution in [3.63, 3.8) is 0 Å². The molecule has 0 radical (unpaired) electrons. The number of nitrogens with zero attached hydrogens (tertiary/aromatic N) is 7. The van der Waals surface area contributed by atoms with Gasteiger partial charge in [-0.25, -0.2) is 14.2 Å². The van der Waals surface area contributed by atoms with Gasteiger partial charge in [-0.05, 0) is 63.6 Å². The van der Waals surface area contributed by atoms with Crippen LogP contribution in [0.3, 0.4) is 0 Å². The van der Waals surface area contributed by atoms with E-state index in [0.29, 0.717) is 34.4 Å². The van der Waals surface area contributed by atoms with Crippen LogP contribution in [0.4, 0.5) is 5.82 Å². The molecule has 1 fully saturated rings. The van der Waals surface area contributed by atoms with Crippen LogP contribution in [0.25, 0.3) is 28.5 Å². The van der Waals surface area contributed by atoms with Gasteiger partial charge in [-0.15, -0.1) is 5.10 Å². The van der Waals surface area contributed by atoms with Gasteiger partial charge in [0.25, 0.3) is 0 Å². The minimum Gasteiger partial charge on any atom is -0.508 e. The summed E-state index contributed by atoms with van der Waals surface area (Å²) in [5.74, 6) is 0.958. The Bertz CT molecular complexity index is 1360. The van der Waals surface area contributed by atoms with Crippen molar-refractivity contribution in [3.8, 4) is 17.1 Å². The number of aromatic nitrogens is 6. The van der Waals surface area contributed by atoms with Crippen LogP contribution in [0.2, 0.25) is 0 Å². The molecule has 1 saturated carbocycles. The minimum absolute atomic E-state index is 0.0329. The van der Waals surface area contributed by atoms with Crippen LogP contribution < -0.4 is 4.90 Å². The zero-order chi connectivity index (χ0) is 25.4. The molecule has 9 heteroatoms. The number of hydrogen-bond acceptors (Lipinski definition) is 6. The molecule has 0 atom stereocenters. The average Bonchev–Trinajstić information content (AvgIpc) is 3.49.